The topological polar surface area (TPSA) is 135 Å². The van der Waals surface area contributed by atoms with E-state index in [1.165, 1.54) is 0 Å². The number of H-pyrrole nitrogens is 1. The molecule has 1 fully saturated rings. The Morgan fingerprint density at radius 1 is 1.05 bits per heavy atom. The molecular weight excluding hydrogens is 520 g/mol. The van der Waals surface area contributed by atoms with E-state index in [1.807, 2.05) is 42.5 Å². The van der Waals surface area contributed by atoms with Gasteiger partial charge >= 0.3 is 12.1 Å². The van der Waals surface area contributed by atoms with Crippen molar-refractivity contribution >= 4 is 34.6 Å². The van der Waals surface area contributed by atoms with Crippen LogP contribution in [-0.4, -0.2) is 57.2 Å². The fraction of sp³-hybridized carbons (Fsp3) is 0.300. The van der Waals surface area contributed by atoms with Crippen molar-refractivity contribution in [3.8, 4) is 0 Å². The molecule has 0 saturated carbocycles. The molecule has 1 unspecified atom stereocenters. The minimum absolute atomic E-state index is 0.219. The Hall–Kier alpha value is -4.77. The van der Waals surface area contributed by atoms with E-state index in [4.69, 9.17) is 0 Å². The van der Waals surface area contributed by atoms with Crippen LogP contribution in [0, 0.1) is 0 Å². The van der Waals surface area contributed by atoms with Crippen LogP contribution in [0.25, 0.3) is 10.9 Å². The number of amides is 5. The lowest BCUT2D eigenvalue weighted by atomic mass is 9.79. The van der Waals surface area contributed by atoms with Gasteiger partial charge in [-0.3, -0.25) is 14.9 Å². The number of rotatable bonds is 3. The van der Waals surface area contributed by atoms with E-state index in [-0.39, 0.29) is 5.91 Å². The molecule has 2 aromatic heterocycles. The van der Waals surface area contributed by atoms with Gasteiger partial charge in [0.25, 0.3) is 0 Å². The first-order valence-corrected chi connectivity index (χ1v) is 13.9. The van der Waals surface area contributed by atoms with Gasteiger partial charge in [-0.2, -0.15) is 5.10 Å². The first kappa shape index (κ1) is 25.2. The standard InChI is InChI=1S/C30H30N8O3/c39-27-25(34-28(40)38-26-4-2-1-3-23(26)30(35-29(38)41)9-13-32-14-10-30)15-20-5-6-24-21(16-33-36-24)22(20)18-37(27)17-19-7-11-31-12-8-19/h1-8,11-12,16,25,32H,9-10,13-15,17-18H2,(H,33,36)(H,34,40)(H,35,41). The van der Waals surface area contributed by atoms with Gasteiger partial charge in [0.05, 0.1) is 22.9 Å². The van der Waals surface area contributed by atoms with Crippen molar-refractivity contribution in [3.05, 3.63) is 89.4 Å². The van der Waals surface area contributed by atoms with Crippen LogP contribution in [0.3, 0.4) is 0 Å². The third-order valence-corrected chi connectivity index (χ3v) is 8.51. The molecule has 11 heteroatoms. The zero-order valence-corrected chi connectivity index (χ0v) is 22.4. The van der Waals surface area contributed by atoms with Crippen LogP contribution in [0.2, 0.25) is 0 Å². The molecule has 4 N–H and O–H groups in total. The first-order chi connectivity index (χ1) is 20.0. The van der Waals surface area contributed by atoms with Crippen molar-refractivity contribution in [1.29, 1.82) is 0 Å². The minimum Gasteiger partial charge on any atom is -0.332 e. The number of hydrogen-bond donors (Lipinski definition) is 4. The third-order valence-electron chi connectivity index (χ3n) is 8.51. The molecule has 3 aliphatic heterocycles. The average Bonchev–Trinajstić information content (AvgIpc) is 3.43. The van der Waals surface area contributed by atoms with Crippen molar-refractivity contribution in [2.45, 2.75) is 43.9 Å². The number of nitrogens with one attached hydrogen (secondary N) is 4. The van der Waals surface area contributed by atoms with Gasteiger partial charge in [-0.05, 0) is 66.9 Å². The Bertz CT molecular complexity index is 1650. The van der Waals surface area contributed by atoms with Gasteiger partial charge in [-0.1, -0.05) is 24.3 Å². The second-order valence-electron chi connectivity index (χ2n) is 10.9. The number of pyridine rings is 1. The molecule has 0 bridgehead atoms. The molecule has 2 aromatic carbocycles. The summed E-state index contributed by atoms with van der Waals surface area (Å²) in [6.07, 6.45) is 6.92. The maximum Gasteiger partial charge on any atom is 0.330 e. The highest BCUT2D eigenvalue weighted by Gasteiger charge is 2.45. The van der Waals surface area contributed by atoms with Crippen LogP contribution in [-0.2, 0) is 29.8 Å². The molecule has 11 nitrogen and oxygen atoms in total. The number of aromatic nitrogens is 3. The molecule has 4 aromatic rings. The molecule has 3 aliphatic rings. The molecule has 208 valence electrons. The van der Waals surface area contributed by atoms with Crippen LogP contribution < -0.4 is 20.9 Å². The second kappa shape index (κ2) is 10.0. The molecular formula is C30H30N8O3. The molecule has 0 aliphatic carbocycles. The second-order valence-corrected chi connectivity index (χ2v) is 10.9. The maximum absolute atomic E-state index is 14.0. The summed E-state index contributed by atoms with van der Waals surface area (Å²) in [5, 5.41) is 17.5. The number of para-hydroxylation sites is 1. The van der Waals surface area contributed by atoms with E-state index in [0.29, 0.717) is 25.2 Å². The van der Waals surface area contributed by atoms with Crippen molar-refractivity contribution in [2.75, 3.05) is 18.0 Å². The summed E-state index contributed by atoms with van der Waals surface area (Å²) in [6, 6.07) is 13.2. The molecule has 5 heterocycles. The Labute approximate surface area is 236 Å². The first-order valence-electron chi connectivity index (χ1n) is 13.9. The van der Waals surface area contributed by atoms with Gasteiger partial charge in [0, 0.05) is 42.9 Å². The van der Waals surface area contributed by atoms with Gasteiger partial charge in [0.2, 0.25) is 5.91 Å². The lowest BCUT2D eigenvalue weighted by Crippen LogP contribution is -2.63. The van der Waals surface area contributed by atoms with Crippen LogP contribution in [0.1, 0.15) is 35.1 Å². The van der Waals surface area contributed by atoms with Gasteiger partial charge in [0.15, 0.2) is 0 Å². The van der Waals surface area contributed by atoms with Gasteiger partial charge in [-0.25, -0.2) is 14.5 Å². The van der Waals surface area contributed by atoms with E-state index in [0.717, 1.165) is 64.0 Å². The average molecular weight is 551 g/mol. The number of urea groups is 2. The Kier molecular flexibility index (Phi) is 6.15. The lowest BCUT2D eigenvalue weighted by Gasteiger charge is -2.45. The summed E-state index contributed by atoms with van der Waals surface area (Å²) in [5.41, 5.74) is 4.69. The summed E-state index contributed by atoms with van der Waals surface area (Å²) in [6.45, 7) is 2.26. The van der Waals surface area contributed by atoms with E-state index in [2.05, 4.69) is 31.1 Å². The summed E-state index contributed by atoms with van der Waals surface area (Å²) >= 11 is 0. The van der Waals surface area contributed by atoms with Crippen molar-refractivity contribution in [2.24, 2.45) is 0 Å². The van der Waals surface area contributed by atoms with Crippen molar-refractivity contribution < 1.29 is 14.4 Å². The Balaban J connectivity index is 1.22. The zero-order chi connectivity index (χ0) is 28.0. The van der Waals surface area contributed by atoms with Crippen LogP contribution in [0.5, 0.6) is 0 Å². The number of nitrogens with zero attached hydrogens (tertiary/aromatic N) is 4. The predicted molar refractivity (Wildman–Crippen MR) is 152 cm³/mol. The normalized spacial score (nSPS) is 19.9. The third kappa shape index (κ3) is 4.38. The van der Waals surface area contributed by atoms with E-state index < -0.39 is 23.6 Å². The number of benzene rings is 2. The number of piperidine rings is 1. The number of carbonyl (C=O) groups is 3. The smallest absolute Gasteiger partial charge is 0.330 e. The summed E-state index contributed by atoms with van der Waals surface area (Å²) in [5.74, 6) is -0.219. The molecule has 5 amide bonds. The molecule has 7 rings (SSSR count). The molecule has 0 radical (unpaired) electrons. The molecule has 1 atom stereocenters. The van der Waals surface area contributed by atoms with E-state index in [9.17, 15) is 14.4 Å². The molecule has 41 heavy (non-hydrogen) atoms. The minimum atomic E-state index is -0.871. The predicted octanol–water partition coefficient (Wildman–Crippen LogP) is 2.93. The number of imide groups is 1. The van der Waals surface area contributed by atoms with E-state index in [1.54, 1.807) is 29.6 Å². The highest BCUT2D eigenvalue weighted by atomic mass is 16.2. The molecule has 1 saturated heterocycles. The number of aromatic amines is 1. The van der Waals surface area contributed by atoms with Gasteiger partial charge in [-0.15, -0.1) is 0 Å². The maximum atomic E-state index is 14.0. The van der Waals surface area contributed by atoms with Crippen LogP contribution in [0.4, 0.5) is 15.3 Å². The highest BCUT2D eigenvalue weighted by Crippen LogP contribution is 2.40. The largest absolute Gasteiger partial charge is 0.332 e. The SMILES string of the molecule is O=C1C(NC(=O)N2C(=O)NC3(CCNCC3)c3ccccc32)Cc2ccc3[nH]ncc3c2CN1Cc1ccncc1. The van der Waals surface area contributed by atoms with Crippen LogP contribution >= 0.6 is 0 Å². The fourth-order valence-electron chi connectivity index (χ4n) is 6.42. The Morgan fingerprint density at radius 2 is 1.85 bits per heavy atom. The number of hydrogen-bond acceptors (Lipinski definition) is 6. The van der Waals surface area contributed by atoms with Crippen LogP contribution in [0.15, 0.2) is 67.1 Å². The van der Waals surface area contributed by atoms with Gasteiger partial charge < -0.3 is 20.9 Å². The number of carbonyl (C=O) groups excluding carboxylic acids is 3. The van der Waals surface area contributed by atoms with Gasteiger partial charge in [0.1, 0.15) is 6.04 Å². The summed E-state index contributed by atoms with van der Waals surface area (Å²) in [7, 11) is 0. The number of anilines is 1. The number of fused-ring (bicyclic) bond motifs is 5. The quantitative estimate of drug-likeness (QED) is 0.310. The monoisotopic (exact) mass is 550 g/mol. The van der Waals surface area contributed by atoms with E-state index >= 15 is 0 Å². The highest BCUT2D eigenvalue weighted by molar-refractivity contribution is 6.16. The summed E-state index contributed by atoms with van der Waals surface area (Å²) in [4.78, 5) is 48.4. The fourth-order valence-corrected chi connectivity index (χ4v) is 6.42. The van der Waals surface area contributed by atoms with Crippen molar-refractivity contribution in [1.82, 2.24) is 36.0 Å². The molecule has 1 spiro atoms. The Morgan fingerprint density at radius 3 is 2.68 bits per heavy atom. The van der Waals surface area contributed by atoms with Crippen molar-refractivity contribution in [3.63, 3.8) is 0 Å². The zero-order valence-electron chi connectivity index (χ0n) is 22.4. The summed E-state index contributed by atoms with van der Waals surface area (Å²) < 4.78 is 0. The lowest BCUT2D eigenvalue weighted by molar-refractivity contribution is -0.134.